The van der Waals surface area contributed by atoms with Gasteiger partial charge in [0.15, 0.2) is 18.1 Å². The molecule has 1 fully saturated rings. The van der Waals surface area contributed by atoms with Crippen molar-refractivity contribution >= 4 is 18.1 Å². The van der Waals surface area contributed by atoms with E-state index in [9.17, 15) is 24.7 Å². The maximum absolute atomic E-state index is 14.8. The quantitative estimate of drug-likeness (QED) is 0.214. The molecule has 1 aromatic carbocycles. The first-order chi connectivity index (χ1) is 18.5. The highest BCUT2D eigenvalue weighted by atomic mass is 19.1. The van der Waals surface area contributed by atoms with Gasteiger partial charge < -0.3 is 41.0 Å². The Kier molecular flexibility index (Phi) is 9.83. The predicted molar refractivity (Wildman–Crippen MR) is 138 cm³/mol. The molecule has 2 heterocycles. The highest BCUT2D eigenvalue weighted by molar-refractivity contribution is 5.81. The number of aliphatic hydroxyl groups excluding tert-OH is 2. The Hall–Kier alpha value is -4.19. The zero-order valence-electron chi connectivity index (χ0n) is 21.5. The van der Waals surface area contributed by atoms with E-state index in [1.165, 1.54) is 24.7 Å². The molecule has 0 saturated carbocycles. The predicted octanol–water partition coefficient (Wildman–Crippen LogP) is 0.345. The molecule has 1 aliphatic rings. The van der Waals surface area contributed by atoms with Crippen LogP contribution in [0.3, 0.4) is 0 Å². The third-order valence-electron chi connectivity index (χ3n) is 5.66. The van der Waals surface area contributed by atoms with E-state index in [0.29, 0.717) is 11.3 Å². The lowest BCUT2D eigenvalue weighted by atomic mass is 10.0. The van der Waals surface area contributed by atoms with Gasteiger partial charge in [-0.2, -0.15) is 10.2 Å². The van der Waals surface area contributed by atoms with E-state index >= 15 is 0 Å². The molecule has 0 radical (unpaired) electrons. The maximum atomic E-state index is 14.8. The number of likely N-dealkylation sites (tertiary alicyclic amines) is 1. The number of nitrogens with zero attached hydrogens (tertiary/aromatic N) is 5. The first-order valence-electron chi connectivity index (χ1n) is 12.1. The van der Waals surface area contributed by atoms with Gasteiger partial charge in [-0.15, -0.1) is 0 Å². The van der Waals surface area contributed by atoms with Crippen molar-refractivity contribution in [2.45, 2.75) is 44.2 Å². The zero-order valence-corrected chi connectivity index (χ0v) is 21.5. The number of nitriles is 1. The Labute approximate surface area is 224 Å². The van der Waals surface area contributed by atoms with Crippen LogP contribution < -0.4 is 15.4 Å². The molecule has 14 heteroatoms. The van der Waals surface area contributed by atoms with Crippen molar-refractivity contribution in [1.29, 1.82) is 10.7 Å². The summed E-state index contributed by atoms with van der Waals surface area (Å²) in [6, 6.07) is 6.64. The van der Waals surface area contributed by atoms with Gasteiger partial charge in [0.25, 0.3) is 5.91 Å². The number of halogens is 1. The van der Waals surface area contributed by atoms with Crippen molar-refractivity contribution in [2.24, 2.45) is 0 Å². The fourth-order valence-electron chi connectivity index (χ4n) is 3.68. The lowest BCUT2D eigenvalue weighted by Gasteiger charge is -2.35. The molecule has 39 heavy (non-hydrogen) atoms. The van der Waals surface area contributed by atoms with Crippen molar-refractivity contribution in [3.8, 4) is 23.2 Å². The van der Waals surface area contributed by atoms with Crippen LogP contribution in [0, 0.1) is 16.7 Å². The summed E-state index contributed by atoms with van der Waals surface area (Å²) in [7, 11) is 0. The molecule has 1 amide bonds. The normalized spacial score (nSPS) is 18.6. The van der Waals surface area contributed by atoms with Crippen LogP contribution in [-0.2, 0) is 4.79 Å². The number of rotatable bonds is 11. The number of amides is 1. The van der Waals surface area contributed by atoms with Crippen LogP contribution in [-0.4, -0.2) is 97.5 Å². The average Bonchev–Trinajstić information content (AvgIpc) is 2.92. The maximum Gasteiger partial charge on any atom is 0.253 e. The molecule has 1 saturated heterocycles. The fraction of sp³-hybridized carbons (Fsp3) is 0.440. The lowest BCUT2D eigenvalue weighted by Crippen LogP contribution is -2.52. The number of benzene rings is 1. The number of hydrogen-bond acceptors (Lipinski definition) is 12. The molecule has 0 bridgehead atoms. The smallest absolute Gasteiger partial charge is 0.253 e. The number of aliphatic hydroxyl groups is 3. The number of nitrogens with one attached hydrogen (secondary N) is 3. The fourth-order valence-corrected chi connectivity index (χ4v) is 3.68. The number of anilines is 1. The summed E-state index contributed by atoms with van der Waals surface area (Å²) < 4.78 is 20.6. The van der Waals surface area contributed by atoms with E-state index in [4.69, 9.17) is 15.3 Å². The molecule has 6 N–H and O–H groups in total. The molecular weight excluding hydrogens is 511 g/mol. The largest absolute Gasteiger partial charge is 0.486 e. The van der Waals surface area contributed by atoms with Crippen molar-refractivity contribution in [2.75, 3.05) is 31.6 Å². The third-order valence-corrected chi connectivity index (χ3v) is 5.66. The van der Waals surface area contributed by atoms with Gasteiger partial charge in [0, 0.05) is 37.5 Å². The molecule has 1 aliphatic heterocycles. The Morgan fingerprint density at radius 1 is 1.44 bits per heavy atom. The van der Waals surface area contributed by atoms with E-state index in [0.717, 1.165) is 11.1 Å². The molecule has 3 atom stereocenters. The lowest BCUT2D eigenvalue weighted by molar-refractivity contribution is -0.146. The van der Waals surface area contributed by atoms with E-state index in [1.807, 2.05) is 6.07 Å². The first-order valence-corrected chi connectivity index (χ1v) is 12.1. The number of aromatic nitrogens is 3. The van der Waals surface area contributed by atoms with Crippen LogP contribution in [0.1, 0.15) is 25.8 Å². The molecule has 3 rings (SSSR count). The van der Waals surface area contributed by atoms with Crippen molar-refractivity contribution in [3.05, 3.63) is 42.0 Å². The highest BCUT2D eigenvalue weighted by Gasteiger charge is 2.35. The Balaban J connectivity index is 1.70. The van der Waals surface area contributed by atoms with E-state index in [1.54, 1.807) is 19.9 Å². The second-order valence-corrected chi connectivity index (χ2v) is 9.46. The van der Waals surface area contributed by atoms with E-state index in [2.05, 4.69) is 25.6 Å². The summed E-state index contributed by atoms with van der Waals surface area (Å²) in [5, 5.41) is 51.3. The topological polar surface area (TPSA) is 201 Å². The second-order valence-electron chi connectivity index (χ2n) is 9.46. The van der Waals surface area contributed by atoms with E-state index in [-0.39, 0.29) is 49.1 Å². The minimum atomic E-state index is -1.60. The number of piperidine rings is 1. The molecule has 1 aromatic heterocycles. The average molecular weight is 543 g/mol. The van der Waals surface area contributed by atoms with Crippen LogP contribution >= 0.6 is 0 Å². The number of carbonyl (C=O) groups is 1. The SMILES string of the molecule is CC(C)(O)CN/C=C(\C=N)Nc1ncnc(-c2ccc(O[C@H]3CCN(C(=O)[C@@H](O)CO)C[C@H]3F)c(C#N)c2)n1. The van der Waals surface area contributed by atoms with Gasteiger partial charge in [-0.25, -0.2) is 14.4 Å². The highest BCUT2D eigenvalue weighted by Crippen LogP contribution is 2.28. The van der Waals surface area contributed by atoms with Gasteiger partial charge in [-0.05, 0) is 32.0 Å². The molecule has 0 aliphatic carbocycles. The Bertz CT molecular complexity index is 1250. The van der Waals surface area contributed by atoms with Gasteiger partial charge in [0.1, 0.15) is 24.3 Å². The molecule has 0 spiro atoms. The van der Waals surface area contributed by atoms with Gasteiger partial charge in [-0.1, -0.05) is 0 Å². The molecule has 208 valence electrons. The van der Waals surface area contributed by atoms with Crippen molar-refractivity contribution in [3.63, 3.8) is 0 Å². The van der Waals surface area contributed by atoms with Crippen LogP contribution in [0.2, 0.25) is 0 Å². The van der Waals surface area contributed by atoms with Gasteiger partial charge >= 0.3 is 0 Å². The van der Waals surface area contributed by atoms with Crippen LogP contribution in [0.5, 0.6) is 5.75 Å². The van der Waals surface area contributed by atoms with E-state index < -0.39 is 36.5 Å². The first kappa shape index (κ1) is 29.4. The number of allylic oxidation sites excluding steroid dienone is 1. The summed E-state index contributed by atoms with van der Waals surface area (Å²) in [6.45, 7) is 2.62. The van der Waals surface area contributed by atoms with Gasteiger partial charge in [0.05, 0.1) is 30.0 Å². The van der Waals surface area contributed by atoms with Gasteiger partial charge in [0.2, 0.25) is 5.95 Å². The Morgan fingerprint density at radius 3 is 2.85 bits per heavy atom. The molecule has 0 unspecified atom stereocenters. The Morgan fingerprint density at radius 2 is 2.21 bits per heavy atom. The molecule has 13 nitrogen and oxygen atoms in total. The second kappa shape index (κ2) is 13.1. The summed E-state index contributed by atoms with van der Waals surface area (Å²) in [5.41, 5.74) is -0.0130. The summed E-state index contributed by atoms with van der Waals surface area (Å²) in [6.07, 6.45) is -0.123. The number of alkyl halides is 1. The zero-order chi connectivity index (χ0) is 28.6. The summed E-state index contributed by atoms with van der Waals surface area (Å²) in [4.78, 5) is 25.7. The monoisotopic (exact) mass is 542 g/mol. The summed E-state index contributed by atoms with van der Waals surface area (Å²) >= 11 is 0. The molecular formula is C25H31FN8O5. The number of carbonyl (C=O) groups excluding carboxylic acids is 1. The van der Waals surface area contributed by atoms with Crippen molar-refractivity contribution in [1.82, 2.24) is 25.2 Å². The van der Waals surface area contributed by atoms with Crippen LogP contribution in [0.25, 0.3) is 11.4 Å². The number of ether oxygens (including phenoxy) is 1. The molecule has 2 aromatic rings. The van der Waals surface area contributed by atoms with Crippen LogP contribution in [0.4, 0.5) is 10.3 Å². The van der Waals surface area contributed by atoms with Crippen LogP contribution in [0.15, 0.2) is 36.4 Å². The summed E-state index contributed by atoms with van der Waals surface area (Å²) in [5.74, 6) is -0.211. The third kappa shape index (κ3) is 8.14. The van der Waals surface area contributed by atoms with Gasteiger partial charge in [-0.3, -0.25) is 4.79 Å². The minimum Gasteiger partial charge on any atom is -0.486 e. The minimum absolute atomic E-state index is 0.125. The standard InChI is InChI=1S/C25H31FN8O5/c1-25(2,38)13-29-10-17(9-28)32-24-31-14-30-22(33-24)15-3-4-20(16(7-15)8-27)39-21-5-6-34(11-18(21)26)23(37)19(36)12-35/h3-4,7,9-10,14,18-19,21,28-29,35-36,38H,5-6,11-13H2,1-2H3,(H,30,31,32,33)/b17-10+,28-9?/t18-,19+,21+/m1/s1. The number of hydrogen-bond donors (Lipinski definition) is 6. The van der Waals surface area contributed by atoms with Crippen molar-refractivity contribution < 1.29 is 29.2 Å².